The molecule has 220 valence electrons. The Labute approximate surface area is 234 Å². The summed E-state index contributed by atoms with van der Waals surface area (Å²) < 4.78 is 10.2. The van der Waals surface area contributed by atoms with Crippen LogP contribution in [-0.4, -0.2) is 53.5 Å². The third-order valence-electron chi connectivity index (χ3n) is 6.27. The third-order valence-corrected chi connectivity index (χ3v) is 6.27. The van der Waals surface area contributed by atoms with E-state index in [0.717, 1.165) is 19.3 Å². The quantitative estimate of drug-likeness (QED) is 0.0873. The average Bonchev–Trinajstić information content (AvgIpc) is 3.28. The van der Waals surface area contributed by atoms with Crippen LogP contribution in [0.2, 0.25) is 0 Å². The van der Waals surface area contributed by atoms with Gasteiger partial charge in [-0.1, -0.05) is 71.3 Å². The Morgan fingerprint density at radius 3 is 2.12 bits per heavy atom. The number of hydrogen-bond donors (Lipinski definition) is 4. The summed E-state index contributed by atoms with van der Waals surface area (Å²) >= 11 is 0. The monoisotopic (exact) mass is 558 g/mol. The first-order chi connectivity index (χ1) is 19.2. The molecule has 2 aromatic rings. The number of H-pyrrole nitrogens is 2. The van der Waals surface area contributed by atoms with Gasteiger partial charge in [-0.05, 0) is 31.5 Å². The van der Waals surface area contributed by atoms with Gasteiger partial charge in [0.2, 0.25) is 17.7 Å². The van der Waals surface area contributed by atoms with Crippen molar-refractivity contribution >= 4 is 40.5 Å². The van der Waals surface area contributed by atoms with Crippen molar-refractivity contribution in [3.63, 3.8) is 0 Å². The molecule has 2 rings (SSSR count). The number of carbonyl (C=O) groups is 4. The Morgan fingerprint density at radius 1 is 0.850 bits per heavy atom. The Hall–Kier alpha value is -3.89. The number of fused-ring (bicyclic) bond motifs is 1. The largest absolute Gasteiger partial charge is 0.465 e. The van der Waals surface area contributed by atoms with E-state index in [2.05, 4.69) is 34.1 Å². The molecule has 1 atom stereocenters. The van der Waals surface area contributed by atoms with Gasteiger partial charge in [0.25, 0.3) is 0 Å². The maximum atomic E-state index is 13.0. The molecule has 4 N–H and O–H groups in total. The first-order valence-corrected chi connectivity index (χ1v) is 14.0. The molecule has 0 aliphatic carbocycles. The lowest BCUT2D eigenvalue weighted by atomic mass is 10.1. The van der Waals surface area contributed by atoms with Gasteiger partial charge in [-0.3, -0.25) is 14.4 Å². The number of benzene rings is 1. The van der Waals surface area contributed by atoms with E-state index in [4.69, 9.17) is 9.47 Å². The fourth-order valence-corrected chi connectivity index (χ4v) is 4.05. The number of carbonyl (C=O) groups excluding carboxylic acids is 4. The normalized spacial score (nSPS) is 11.6. The van der Waals surface area contributed by atoms with Crippen LogP contribution in [0, 0.1) is 5.92 Å². The van der Waals surface area contributed by atoms with Crippen molar-refractivity contribution in [1.29, 1.82) is 0 Å². The summed E-state index contributed by atoms with van der Waals surface area (Å²) in [6.07, 6.45) is 11.2. The smallest absolute Gasteiger partial charge is 0.333 e. The molecule has 0 aliphatic heterocycles. The summed E-state index contributed by atoms with van der Waals surface area (Å²) in [5.74, 6) is -5.13. The number of ether oxygens (including phenoxy) is 2. The molecule has 1 aromatic carbocycles. The molecule has 1 unspecified atom stereocenters. The zero-order valence-electron chi connectivity index (χ0n) is 23.6. The predicted molar refractivity (Wildman–Crippen MR) is 153 cm³/mol. The molecule has 1 aromatic heterocycles. The van der Waals surface area contributed by atoms with Gasteiger partial charge in [-0.15, -0.1) is 0 Å². The van der Waals surface area contributed by atoms with Gasteiger partial charge >= 0.3 is 17.6 Å². The van der Waals surface area contributed by atoms with E-state index in [1.165, 1.54) is 57.6 Å². The van der Waals surface area contributed by atoms with Crippen molar-refractivity contribution in [2.75, 3.05) is 25.1 Å². The second kappa shape index (κ2) is 17.6. The number of nitrogens with one attached hydrogen (secondary N) is 4. The number of imidazole rings is 1. The van der Waals surface area contributed by atoms with Crippen LogP contribution >= 0.6 is 0 Å². The Morgan fingerprint density at radius 2 is 1.48 bits per heavy atom. The van der Waals surface area contributed by atoms with Crippen molar-refractivity contribution in [2.24, 2.45) is 5.92 Å². The predicted octanol–water partition coefficient (Wildman–Crippen LogP) is 4.11. The SMILES string of the molecule is C=C(C)C(=O)OCCNC(=O)C(C(=O)Nc1ccc2[nH]c(=O)[nH]c2c1)C(=O)OCCCCCCCCCCCC. The fraction of sp³-hybridized carbons (Fsp3) is 0.552. The maximum absolute atomic E-state index is 13.0. The summed E-state index contributed by atoms with van der Waals surface area (Å²) in [6, 6.07) is 4.62. The average molecular weight is 559 g/mol. The minimum Gasteiger partial charge on any atom is -0.465 e. The minimum absolute atomic E-state index is 0.0964. The number of unbranched alkanes of at least 4 members (excludes halogenated alkanes) is 9. The lowest BCUT2D eigenvalue weighted by Gasteiger charge is -2.16. The standard InChI is InChI=1S/C29H42N4O7/c1-4-5-6-7-8-9-10-11-12-13-17-39-28(37)24(25(34)30-16-18-40-27(36)20(2)3)26(35)31-21-14-15-22-23(19-21)33-29(38)32-22/h14-15,19,24H,2,4-13,16-18H2,1,3H3,(H,30,34)(H,31,35)(H2,32,33,38). The highest BCUT2D eigenvalue weighted by molar-refractivity contribution is 6.19. The van der Waals surface area contributed by atoms with Crippen molar-refractivity contribution in [3.8, 4) is 0 Å². The molecule has 0 saturated carbocycles. The van der Waals surface area contributed by atoms with Gasteiger partial charge in [-0.2, -0.15) is 0 Å². The fourth-order valence-electron chi connectivity index (χ4n) is 4.05. The van der Waals surface area contributed by atoms with Gasteiger partial charge in [0, 0.05) is 11.3 Å². The summed E-state index contributed by atoms with van der Waals surface area (Å²) in [5.41, 5.74) is 1.08. The zero-order valence-corrected chi connectivity index (χ0v) is 23.6. The summed E-state index contributed by atoms with van der Waals surface area (Å²) in [5, 5.41) is 4.98. The number of aromatic amines is 2. The number of aromatic nitrogens is 2. The van der Waals surface area contributed by atoms with E-state index in [0.29, 0.717) is 17.5 Å². The first-order valence-electron chi connectivity index (χ1n) is 14.0. The van der Waals surface area contributed by atoms with Gasteiger partial charge in [0.15, 0.2) is 0 Å². The van der Waals surface area contributed by atoms with Crippen molar-refractivity contribution in [1.82, 2.24) is 15.3 Å². The van der Waals surface area contributed by atoms with E-state index in [-0.39, 0.29) is 31.0 Å². The number of anilines is 1. The molecule has 40 heavy (non-hydrogen) atoms. The zero-order chi connectivity index (χ0) is 29.3. The van der Waals surface area contributed by atoms with E-state index < -0.39 is 35.4 Å². The van der Waals surface area contributed by atoms with Crippen molar-refractivity contribution in [2.45, 2.75) is 78.1 Å². The van der Waals surface area contributed by atoms with Crippen LogP contribution in [-0.2, 0) is 28.7 Å². The first kappa shape index (κ1) is 32.3. The molecule has 0 saturated heterocycles. The molecular formula is C29H42N4O7. The molecule has 0 bridgehead atoms. The molecular weight excluding hydrogens is 516 g/mol. The molecule has 0 fully saturated rings. The van der Waals surface area contributed by atoms with Crippen LogP contribution in [0.15, 0.2) is 35.1 Å². The summed E-state index contributed by atoms with van der Waals surface area (Å²) in [4.78, 5) is 66.9. The highest BCUT2D eigenvalue weighted by Crippen LogP contribution is 2.16. The Bertz CT molecular complexity index is 1200. The Kier molecular flexibility index (Phi) is 14.3. The molecule has 0 aliphatic rings. The third kappa shape index (κ3) is 11.5. The van der Waals surface area contributed by atoms with Crippen LogP contribution in [0.25, 0.3) is 11.0 Å². The van der Waals surface area contributed by atoms with Crippen molar-refractivity contribution < 1.29 is 28.7 Å². The molecule has 11 heteroatoms. The lowest BCUT2D eigenvalue weighted by Crippen LogP contribution is -2.44. The van der Waals surface area contributed by atoms with E-state index in [1.54, 1.807) is 6.07 Å². The lowest BCUT2D eigenvalue weighted by molar-refractivity contribution is -0.155. The van der Waals surface area contributed by atoms with Gasteiger partial charge in [-0.25, -0.2) is 9.59 Å². The van der Waals surface area contributed by atoms with Crippen LogP contribution in [0.5, 0.6) is 0 Å². The number of rotatable bonds is 19. The van der Waals surface area contributed by atoms with Crippen LogP contribution < -0.4 is 16.3 Å². The van der Waals surface area contributed by atoms with E-state index >= 15 is 0 Å². The summed E-state index contributed by atoms with van der Waals surface area (Å²) in [6.45, 7) is 7.00. The maximum Gasteiger partial charge on any atom is 0.333 e. The number of esters is 2. The highest BCUT2D eigenvalue weighted by atomic mass is 16.5. The van der Waals surface area contributed by atoms with E-state index in [1.807, 2.05) is 0 Å². The number of hydrogen-bond acceptors (Lipinski definition) is 7. The van der Waals surface area contributed by atoms with Gasteiger partial charge < -0.3 is 30.1 Å². The second-order valence-electron chi connectivity index (χ2n) is 9.82. The number of amides is 2. The van der Waals surface area contributed by atoms with Crippen LogP contribution in [0.4, 0.5) is 5.69 Å². The van der Waals surface area contributed by atoms with Gasteiger partial charge in [0.1, 0.15) is 6.61 Å². The second-order valence-corrected chi connectivity index (χ2v) is 9.82. The molecule has 1 heterocycles. The molecule has 0 spiro atoms. The minimum atomic E-state index is -1.78. The van der Waals surface area contributed by atoms with Crippen LogP contribution in [0.3, 0.4) is 0 Å². The molecule has 0 radical (unpaired) electrons. The Balaban J connectivity index is 1.89. The van der Waals surface area contributed by atoms with E-state index in [9.17, 15) is 24.0 Å². The highest BCUT2D eigenvalue weighted by Gasteiger charge is 2.35. The van der Waals surface area contributed by atoms with Gasteiger partial charge in [0.05, 0.1) is 24.2 Å². The van der Waals surface area contributed by atoms with Crippen molar-refractivity contribution in [3.05, 3.63) is 40.8 Å². The molecule has 2 amide bonds. The van der Waals surface area contributed by atoms with Crippen LogP contribution in [0.1, 0.15) is 78.1 Å². The topological polar surface area (TPSA) is 159 Å². The molecule has 11 nitrogen and oxygen atoms in total. The summed E-state index contributed by atoms with van der Waals surface area (Å²) in [7, 11) is 0.